The Balaban J connectivity index is 1.47. The van der Waals surface area contributed by atoms with Gasteiger partial charge in [-0.05, 0) is 45.0 Å². The molecule has 0 saturated heterocycles. The molecule has 0 bridgehead atoms. The molecule has 2 aliphatic rings. The number of benzene rings is 3. The first kappa shape index (κ1) is 24.8. The number of hydrogen-bond acceptors (Lipinski definition) is 6. The predicted octanol–water partition coefficient (Wildman–Crippen LogP) is 4.30. The molecule has 0 aromatic heterocycles. The molecule has 3 aromatic rings. The van der Waals surface area contributed by atoms with Crippen molar-refractivity contribution in [2.45, 2.75) is 12.2 Å². The van der Waals surface area contributed by atoms with Crippen molar-refractivity contribution in [1.82, 2.24) is 0 Å². The van der Waals surface area contributed by atoms with Crippen LogP contribution in [0.2, 0.25) is 0 Å². The molecule has 2 atom stereocenters. The van der Waals surface area contributed by atoms with E-state index in [9.17, 15) is 16.8 Å². The lowest BCUT2D eigenvalue weighted by Crippen LogP contribution is -2.14. The molecule has 2 N–H and O–H groups in total. The zero-order chi connectivity index (χ0) is 25.5. The maximum Gasteiger partial charge on any atom is 0.267 e. The van der Waals surface area contributed by atoms with Crippen molar-refractivity contribution in [3.63, 3.8) is 0 Å². The minimum atomic E-state index is -4.15. The zero-order valence-corrected chi connectivity index (χ0v) is 20.7. The molecule has 10 heteroatoms. The Labute approximate surface area is 209 Å². The van der Waals surface area contributed by atoms with Crippen LogP contribution < -0.4 is 0 Å². The number of ether oxygens (including phenoxy) is 2. The monoisotopic (exact) mass is 528 g/mol. The molecule has 5 rings (SSSR count). The Bertz CT molecular complexity index is 1560. The highest BCUT2D eigenvalue weighted by molar-refractivity contribution is 7.86. The molecule has 2 unspecified atom stereocenters. The molecule has 0 aliphatic heterocycles. The van der Waals surface area contributed by atoms with Gasteiger partial charge in [-0.15, -0.1) is 0 Å². The van der Waals surface area contributed by atoms with Crippen LogP contribution in [0.1, 0.15) is 34.5 Å². The molecule has 36 heavy (non-hydrogen) atoms. The van der Waals surface area contributed by atoms with Gasteiger partial charge in [-0.3, -0.25) is 9.11 Å². The molecule has 0 saturated carbocycles. The van der Waals surface area contributed by atoms with Crippen LogP contribution in [0.3, 0.4) is 0 Å². The Hall–Kier alpha value is -2.86. The van der Waals surface area contributed by atoms with Gasteiger partial charge in [0.15, 0.2) is 0 Å². The van der Waals surface area contributed by atoms with Gasteiger partial charge in [-0.2, -0.15) is 16.8 Å². The summed E-state index contributed by atoms with van der Waals surface area (Å²) in [6, 6.07) is 19.7. The smallest absolute Gasteiger partial charge is 0.267 e. The van der Waals surface area contributed by atoms with Crippen LogP contribution in [0.15, 0.2) is 66.7 Å². The molecule has 2 aliphatic carbocycles. The fourth-order valence-electron chi connectivity index (χ4n) is 4.77. The standard InChI is InChI=1S/C26H24O8S2/c27-35(28,29)14-12-33-24-11-9-17-16-18(8-10-19(17)24)20-6-3-7-22-21-4-1-2-5-23(21)26(25(20)22)34-13-15-36(30,31)32/h1-11,16,24,26H,12-15H2,(H,27,28,29)(H,30,31,32). The van der Waals surface area contributed by atoms with E-state index in [1.807, 2.05) is 72.8 Å². The minimum absolute atomic E-state index is 0.123. The molecule has 0 fully saturated rings. The topological polar surface area (TPSA) is 127 Å². The molecular formula is C26H24O8S2. The lowest BCUT2D eigenvalue weighted by molar-refractivity contribution is 0.0953. The summed E-state index contributed by atoms with van der Waals surface area (Å²) in [5.74, 6) is -0.966. The zero-order valence-electron chi connectivity index (χ0n) is 19.1. The van der Waals surface area contributed by atoms with Crippen molar-refractivity contribution in [2.24, 2.45) is 0 Å². The van der Waals surface area contributed by atoms with Gasteiger partial charge >= 0.3 is 0 Å². The summed E-state index contributed by atoms with van der Waals surface area (Å²) in [6.45, 7) is -0.275. The summed E-state index contributed by atoms with van der Waals surface area (Å²) in [5.41, 5.74) is 7.58. The van der Waals surface area contributed by atoms with Gasteiger partial charge in [-0.1, -0.05) is 66.7 Å². The van der Waals surface area contributed by atoms with Crippen molar-refractivity contribution in [3.05, 3.63) is 89.0 Å². The second-order valence-electron chi connectivity index (χ2n) is 8.67. The maximum atomic E-state index is 11.3. The maximum absolute atomic E-state index is 11.3. The first-order chi connectivity index (χ1) is 17.1. The summed E-state index contributed by atoms with van der Waals surface area (Å²) in [4.78, 5) is 0. The van der Waals surface area contributed by atoms with E-state index in [2.05, 4.69) is 0 Å². The fourth-order valence-corrected chi connectivity index (χ4v) is 5.38. The normalized spacial score (nSPS) is 18.2. The van der Waals surface area contributed by atoms with Crippen LogP contribution in [0.4, 0.5) is 0 Å². The molecule has 0 heterocycles. The van der Waals surface area contributed by atoms with Gasteiger partial charge in [0.2, 0.25) is 0 Å². The van der Waals surface area contributed by atoms with Crippen molar-refractivity contribution >= 4 is 26.3 Å². The molecular weight excluding hydrogens is 504 g/mol. The van der Waals surface area contributed by atoms with Gasteiger partial charge in [0.1, 0.15) is 12.2 Å². The van der Waals surface area contributed by atoms with E-state index in [-0.39, 0.29) is 13.2 Å². The average Bonchev–Trinajstić information content (AvgIpc) is 3.36. The molecule has 188 valence electrons. The van der Waals surface area contributed by atoms with E-state index in [0.29, 0.717) is 0 Å². The summed E-state index contributed by atoms with van der Waals surface area (Å²) >= 11 is 0. The van der Waals surface area contributed by atoms with Crippen LogP contribution in [0.5, 0.6) is 0 Å². The van der Waals surface area contributed by atoms with Gasteiger partial charge in [-0.25, -0.2) is 0 Å². The van der Waals surface area contributed by atoms with Crippen molar-refractivity contribution in [3.8, 4) is 22.3 Å². The lowest BCUT2D eigenvalue weighted by atomic mass is 9.92. The van der Waals surface area contributed by atoms with E-state index >= 15 is 0 Å². The van der Waals surface area contributed by atoms with Crippen LogP contribution in [-0.2, 0) is 29.7 Å². The number of rotatable bonds is 9. The largest absolute Gasteiger partial charge is 0.368 e. The van der Waals surface area contributed by atoms with Gasteiger partial charge in [0, 0.05) is 5.56 Å². The first-order valence-corrected chi connectivity index (χ1v) is 14.5. The summed E-state index contributed by atoms with van der Waals surface area (Å²) < 4.78 is 74.2. The number of hydrogen-bond donors (Lipinski definition) is 2. The molecule has 0 spiro atoms. The highest BCUT2D eigenvalue weighted by Gasteiger charge is 2.32. The Kier molecular flexibility index (Phi) is 6.58. The third kappa shape index (κ3) is 5.15. The second-order valence-corrected chi connectivity index (χ2v) is 11.8. The van der Waals surface area contributed by atoms with E-state index < -0.39 is 43.9 Å². The van der Waals surface area contributed by atoms with Crippen LogP contribution in [-0.4, -0.2) is 50.7 Å². The molecule has 0 radical (unpaired) electrons. The third-order valence-electron chi connectivity index (χ3n) is 6.32. The van der Waals surface area contributed by atoms with E-state index in [4.69, 9.17) is 18.6 Å². The summed E-state index contributed by atoms with van der Waals surface area (Å²) in [5, 5.41) is 0. The van der Waals surface area contributed by atoms with Gasteiger partial charge in [0.25, 0.3) is 20.2 Å². The van der Waals surface area contributed by atoms with Crippen molar-refractivity contribution in [1.29, 1.82) is 0 Å². The highest BCUT2D eigenvalue weighted by Crippen LogP contribution is 2.49. The Morgan fingerprint density at radius 3 is 2.14 bits per heavy atom. The van der Waals surface area contributed by atoms with E-state index in [0.717, 1.165) is 44.5 Å². The molecule has 8 nitrogen and oxygen atoms in total. The highest BCUT2D eigenvalue weighted by atomic mass is 32.2. The van der Waals surface area contributed by atoms with Gasteiger partial charge < -0.3 is 9.47 Å². The summed E-state index contributed by atoms with van der Waals surface area (Å²) in [7, 11) is -8.24. The fraction of sp³-hybridized carbons (Fsp3) is 0.231. The molecule has 3 aromatic carbocycles. The predicted molar refractivity (Wildman–Crippen MR) is 136 cm³/mol. The average molecular weight is 529 g/mol. The van der Waals surface area contributed by atoms with Crippen LogP contribution in [0.25, 0.3) is 28.3 Å². The SMILES string of the molecule is O=S(=O)(O)CCOC1C=Cc2cc(-c3cccc4c3C(OCCS(=O)(=O)O)c3ccccc3-4)ccc21. The van der Waals surface area contributed by atoms with E-state index in [1.165, 1.54) is 0 Å². The second kappa shape index (κ2) is 9.55. The Morgan fingerprint density at radius 2 is 1.39 bits per heavy atom. The van der Waals surface area contributed by atoms with Gasteiger partial charge in [0.05, 0.1) is 24.7 Å². The quantitative estimate of drug-likeness (QED) is 0.394. The third-order valence-corrected chi connectivity index (χ3v) is 7.69. The first-order valence-electron chi connectivity index (χ1n) is 11.3. The van der Waals surface area contributed by atoms with Crippen LogP contribution >= 0.6 is 0 Å². The van der Waals surface area contributed by atoms with Crippen molar-refractivity contribution in [2.75, 3.05) is 24.7 Å². The van der Waals surface area contributed by atoms with E-state index in [1.54, 1.807) is 0 Å². The summed E-state index contributed by atoms with van der Waals surface area (Å²) in [6.07, 6.45) is 2.85. The van der Waals surface area contributed by atoms with Crippen LogP contribution in [0, 0.1) is 0 Å². The lowest BCUT2D eigenvalue weighted by Gasteiger charge is -2.19. The van der Waals surface area contributed by atoms with Crippen molar-refractivity contribution < 1.29 is 35.4 Å². The Morgan fingerprint density at radius 1 is 0.722 bits per heavy atom. The minimum Gasteiger partial charge on any atom is -0.368 e. The number of fused-ring (bicyclic) bond motifs is 4. The molecule has 0 amide bonds.